The van der Waals surface area contributed by atoms with Crippen LogP contribution in [0.15, 0.2) is 46.0 Å². The van der Waals surface area contributed by atoms with E-state index in [9.17, 15) is 9.90 Å². The number of hydrogen-bond acceptors (Lipinski definition) is 5. The maximum Gasteiger partial charge on any atom is 0.271 e. The zero-order valence-corrected chi connectivity index (χ0v) is 14.1. The maximum absolute atomic E-state index is 11.9. The van der Waals surface area contributed by atoms with E-state index >= 15 is 0 Å². The predicted molar refractivity (Wildman–Crippen MR) is 90.4 cm³/mol. The summed E-state index contributed by atoms with van der Waals surface area (Å²) in [6.45, 7) is 0. The van der Waals surface area contributed by atoms with Gasteiger partial charge in [-0.3, -0.25) is 4.79 Å². The van der Waals surface area contributed by atoms with E-state index < -0.39 is 0 Å². The number of phenols is 1. The standard InChI is InChI=1S/C16H15BrN2O4/c1-22-13-8-5-11(14(17)15(13)23-2)9-18-19-16(21)10-3-6-12(20)7-4-10/h3-9,20H,1-2H3,(H,19,21)/b18-9-. The Kier molecular flexibility index (Phi) is 5.59. The van der Waals surface area contributed by atoms with Crippen molar-refractivity contribution in [2.24, 2.45) is 5.10 Å². The van der Waals surface area contributed by atoms with Crippen molar-refractivity contribution in [1.29, 1.82) is 0 Å². The van der Waals surface area contributed by atoms with E-state index in [-0.39, 0.29) is 11.7 Å². The molecule has 0 radical (unpaired) electrons. The van der Waals surface area contributed by atoms with Gasteiger partial charge in [-0.25, -0.2) is 5.43 Å². The molecule has 0 fully saturated rings. The molecule has 0 spiro atoms. The normalized spacial score (nSPS) is 10.6. The molecular formula is C16H15BrN2O4. The smallest absolute Gasteiger partial charge is 0.271 e. The van der Waals surface area contributed by atoms with Crippen molar-refractivity contribution >= 4 is 28.1 Å². The van der Waals surface area contributed by atoms with Gasteiger partial charge in [0.2, 0.25) is 0 Å². The Hall–Kier alpha value is -2.54. The van der Waals surface area contributed by atoms with Gasteiger partial charge >= 0.3 is 0 Å². The Balaban J connectivity index is 2.11. The van der Waals surface area contributed by atoms with Crippen LogP contribution >= 0.6 is 15.9 Å². The fraction of sp³-hybridized carbons (Fsp3) is 0.125. The van der Waals surface area contributed by atoms with E-state index in [1.54, 1.807) is 19.2 Å². The van der Waals surface area contributed by atoms with E-state index in [4.69, 9.17) is 9.47 Å². The van der Waals surface area contributed by atoms with Crippen LogP contribution in [-0.2, 0) is 0 Å². The van der Waals surface area contributed by atoms with Crippen LogP contribution in [0.2, 0.25) is 0 Å². The van der Waals surface area contributed by atoms with Gasteiger partial charge in [0, 0.05) is 11.1 Å². The Morgan fingerprint density at radius 3 is 2.48 bits per heavy atom. The lowest BCUT2D eigenvalue weighted by Crippen LogP contribution is -2.17. The first kappa shape index (κ1) is 16.8. The highest BCUT2D eigenvalue weighted by atomic mass is 79.9. The summed E-state index contributed by atoms with van der Waals surface area (Å²) in [5.74, 6) is 0.850. The van der Waals surface area contributed by atoms with Crippen LogP contribution in [-0.4, -0.2) is 31.4 Å². The van der Waals surface area contributed by atoms with Gasteiger partial charge in [-0.2, -0.15) is 5.10 Å². The molecule has 6 nitrogen and oxygen atoms in total. The van der Waals surface area contributed by atoms with E-state index in [2.05, 4.69) is 26.5 Å². The average molecular weight is 379 g/mol. The fourth-order valence-corrected chi connectivity index (χ4v) is 2.43. The summed E-state index contributed by atoms with van der Waals surface area (Å²) in [5, 5.41) is 13.1. The Morgan fingerprint density at radius 1 is 1.17 bits per heavy atom. The first-order valence-electron chi connectivity index (χ1n) is 6.59. The molecule has 0 aromatic heterocycles. The predicted octanol–water partition coefficient (Wildman–Crippen LogP) is 2.94. The maximum atomic E-state index is 11.9. The average Bonchev–Trinajstić information content (AvgIpc) is 2.56. The van der Waals surface area contributed by atoms with Crippen LogP contribution in [0.3, 0.4) is 0 Å². The summed E-state index contributed by atoms with van der Waals surface area (Å²) in [4.78, 5) is 11.9. The Bertz CT molecular complexity index is 730. The van der Waals surface area contributed by atoms with Crippen LogP contribution in [0.4, 0.5) is 0 Å². The second-order valence-corrected chi connectivity index (χ2v) is 5.24. The monoisotopic (exact) mass is 378 g/mol. The van der Waals surface area contributed by atoms with Crippen LogP contribution in [0.1, 0.15) is 15.9 Å². The first-order chi connectivity index (χ1) is 11.1. The number of hydrogen-bond donors (Lipinski definition) is 2. The summed E-state index contributed by atoms with van der Waals surface area (Å²) in [6.07, 6.45) is 1.49. The number of nitrogens with zero attached hydrogens (tertiary/aromatic N) is 1. The molecule has 1 amide bonds. The number of phenolic OH excluding ortho intramolecular Hbond substituents is 1. The van der Waals surface area contributed by atoms with E-state index in [1.807, 2.05) is 0 Å². The molecule has 0 unspecified atom stereocenters. The van der Waals surface area contributed by atoms with Crippen molar-refractivity contribution in [1.82, 2.24) is 5.43 Å². The highest BCUT2D eigenvalue weighted by Crippen LogP contribution is 2.36. The Labute approximate surface area is 141 Å². The number of carbonyl (C=O) groups is 1. The molecule has 2 aromatic rings. The van der Waals surface area contributed by atoms with Crippen LogP contribution < -0.4 is 14.9 Å². The molecular weight excluding hydrogens is 364 g/mol. The molecule has 0 aliphatic rings. The number of benzene rings is 2. The number of carbonyl (C=O) groups excluding carboxylic acids is 1. The van der Waals surface area contributed by atoms with E-state index in [1.165, 1.54) is 37.6 Å². The second kappa shape index (κ2) is 7.64. The number of amides is 1. The van der Waals surface area contributed by atoms with Crippen molar-refractivity contribution in [3.05, 3.63) is 52.0 Å². The zero-order valence-electron chi connectivity index (χ0n) is 12.5. The topological polar surface area (TPSA) is 80.2 Å². The van der Waals surface area contributed by atoms with Gasteiger partial charge in [-0.15, -0.1) is 0 Å². The molecule has 0 saturated heterocycles. The van der Waals surface area contributed by atoms with Crippen molar-refractivity contribution < 1.29 is 19.4 Å². The zero-order chi connectivity index (χ0) is 16.8. The van der Waals surface area contributed by atoms with Gasteiger partial charge in [0.25, 0.3) is 5.91 Å². The van der Waals surface area contributed by atoms with Crippen molar-refractivity contribution in [3.63, 3.8) is 0 Å². The van der Waals surface area contributed by atoms with Crippen LogP contribution in [0.25, 0.3) is 0 Å². The van der Waals surface area contributed by atoms with Gasteiger partial charge < -0.3 is 14.6 Å². The lowest BCUT2D eigenvalue weighted by Gasteiger charge is -2.10. The minimum atomic E-state index is -0.377. The molecule has 120 valence electrons. The Morgan fingerprint density at radius 2 is 1.87 bits per heavy atom. The summed E-state index contributed by atoms with van der Waals surface area (Å²) < 4.78 is 11.1. The third-order valence-electron chi connectivity index (χ3n) is 3.01. The summed E-state index contributed by atoms with van der Waals surface area (Å²) in [6, 6.07) is 9.40. The minimum Gasteiger partial charge on any atom is -0.508 e. The van der Waals surface area contributed by atoms with Crippen LogP contribution in [0.5, 0.6) is 17.2 Å². The molecule has 23 heavy (non-hydrogen) atoms. The molecule has 0 aliphatic carbocycles. The lowest BCUT2D eigenvalue weighted by atomic mass is 10.2. The fourth-order valence-electron chi connectivity index (χ4n) is 1.84. The van der Waals surface area contributed by atoms with Gasteiger partial charge in [0.1, 0.15) is 5.75 Å². The first-order valence-corrected chi connectivity index (χ1v) is 7.39. The summed E-state index contributed by atoms with van der Waals surface area (Å²) in [5.41, 5.74) is 3.53. The number of aromatic hydroxyl groups is 1. The molecule has 2 N–H and O–H groups in total. The number of methoxy groups -OCH3 is 2. The molecule has 2 rings (SSSR count). The highest BCUT2D eigenvalue weighted by Gasteiger charge is 2.11. The summed E-state index contributed by atoms with van der Waals surface area (Å²) >= 11 is 3.42. The van der Waals surface area contributed by atoms with E-state index in [0.717, 1.165) is 0 Å². The highest BCUT2D eigenvalue weighted by molar-refractivity contribution is 9.10. The van der Waals surface area contributed by atoms with Gasteiger partial charge in [0.15, 0.2) is 11.5 Å². The number of ether oxygens (including phenoxy) is 2. The number of nitrogens with one attached hydrogen (secondary N) is 1. The SMILES string of the molecule is COc1ccc(/C=N\NC(=O)c2ccc(O)cc2)c(Br)c1OC. The number of rotatable bonds is 5. The number of hydrazone groups is 1. The molecule has 0 aliphatic heterocycles. The third kappa shape index (κ3) is 4.01. The van der Waals surface area contributed by atoms with Gasteiger partial charge in [-0.1, -0.05) is 0 Å². The summed E-state index contributed by atoms with van der Waals surface area (Å²) in [7, 11) is 3.09. The van der Waals surface area contributed by atoms with Gasteiger partial charge in [-0.05, 0) is 52.3 Å². The minimum absolute atomic E-state index is 0.0966. The second-order valence-electron chi connectivity index (χ2n) is 4.45. The molecule has 0 heterocycles. The van der Waals surface area contributed by atoms with E-state index in [0.29, 0.717) is 27.1 Å². The molecule has 0 saturated carbocycles. The molecule has 0 atom stereocenters. The third-order valence-corrected chi connectivity index (χ3v) is 3.83. The molecule has 7 heteroatoms. The largest absolute Gasteiger partial charge is 0.508 e. The van der Waals surface area contributed by atoms with Gasteiger partial charge in [0.05, 0.1) is 24.9 Å². The lowest BCUT2D eigenvalue weighted by molar-refractivity contribution is 0.0955. The van der Waals surface area contributed by atoms with Crippen molar-refractivity contribution in [2.75, 3.05) is 14.2 Å². The number of halogens is 1. The van der Waals surface area contributed by atoms with Crippen LogP contribution in [0, 0.1) is 0 Å². The molecule has 0 bridgehead atoms. The molecule has 2 aromatic carbocycles. The van der Waals surface area contributed by atoms with Crippen molar-refractivity contribution in [3.8, 4) is 17.2 Å². The quantitative estimate of drug-likeness (QED) is 0.619. The van der Waals surface area contributed by atoms with Crippen molar-refractivity contribution in [2.45, 2.75) is 0 Å².